The molecule has 0 atom stereocenters. The zero-order valence-corrected chi connectivity index (χ0v) is 11.7. The van der Waals surface area contributed by atoms with E-state index in [-0.39, 0.29) is 0 Å². The summed E-state index contributed by atoms with van der Waals surface area (Å²) in [7, 11) is 0. The summed E-state index contributed by atoms with van der Waals surface area (Å²) >= 11 is 0. The van der Waals surface area contributed by atoms with E-state index in [4.69, 9.17) is 0 Å². The molecule has 0 spiro atoms. The molecule has 0 fully saturated rings. The lowest BCUT2D eigenvalue weighted by molar-refractivity contribution is -0.667. The molecule has 0 aliphatic rings. The summed E-state index contributed by atoms with van der Waals surface area (Å²) in [5.74, 6) is 0. The third-order valence-electron chi connectivity index (χ3n) is 3.55. The number of rotatable bonds is 3. The number of nitrogens with zero attached hydrogens (tertiary/aromatic N) is 1. The van der Waals surface area contributed by atoms with Crippen molar-refractivity contribution in [3.8, 4) is 0 Å². The minimum absolute atomic E-state index is 0.989. The molecule has 20 heavy (non-hydrogen) atoms. The van der Waals surface area contributed by atoms with Gasteiger partial charge in [-0.2, -0.15) is 4.57 Å². The van der Waals surface area contributed by atoms with E-state index in [0.29, 0.717) is 0 Å². The molecule has 98 valence electrons. The summed E-state index contributed by atoms with van der Waals surface area (Å²) in [6.45, 7) is 3.16. The number of aryl methyl sites for hydroxylation is 1. The van der Waals surface area contributed by atoms with Crippen molar-refractivity contribution < 1.29 is 4.57 Å². The van der Waals surface area contributed by atoms with Crippen LogP contribution in [0.3, 0.4) is 0 Å². The molecule has 0 saturated carbocycles. The van der Waals surface area contributed by atoms with Crippen LogP contribution in [0.5, 0.6) is 0 Å². The summed E-state index contributed by atoms with van der Waals surface area (Å²) in [6.07, 6.45) is 6.52. The van der Waals surface area contributed by atoms with Gasteiger partial charge in [-0.1, -0.05) is 54.6 Å². The standard InChI is InChI=1S/C19H18N/c1-2-20-15-14-17(18-10-6-7-11-19(18)20)13-12-16-8-4-3-5-9-16/h3-15H,2H2,1H3/q+1. The maximum atomic E-state index is 2.27. The van der Waals surface area contributed by atoms with Gasteiger partial charge in [0.15, 0.2) is 6.20 Å². The molecule has 3 rings (SSSR count). The SMILES string of the molecule is CC[n+]1ccc(C=Cc2ccccc2)c2ccccc21. The number of para-hydroxylation sites is 1. The first kappa shape index (κ1) is 12.6. The van der Waals surface area contributed by atoms with E-state index in [1.165, 1.54) is 22.0 Å². The lowest BCUT2D eigenvalue weighted by Crippen LogP contribution is -2.32. The van der Waals surface area contributed by atoms with Gasteiger partial charge >= 0.3 is 0 Å². The van der Waals surface area contributed by atoms with Gasteiger partial charge in [0.05, 0.1) is 5.39 Å². The van der Waals surface area contributed by atoms with E-state index in [2.05, 4.69) is 84.4 Å². The van der Waals surface area contributed by atoms with Crippen LogP contribution in [0.1, 0.15) is 18.1 Å². The Hall–Kier alpha value is -2.41. The lowest BCUT2D eigenvalue weighted by atomic mass is 10.1. The second kappa shape index (κ2) is 5.70. The molecule has 0 N–H and O–H groups in total. The number of pyridine rings is 1. The average molecular weight is 260 g/mol. The van der Waals surface area contributed by atoms with Gasteiger partial charge in [-0.25, -0.2) is 0 Å². The molecule has 0 amide bonds. The summed E-state index contributed by atoms with van der Waals surface area (Å²) in [6, 6.07) is 21.2. The monoisotopic (exact) mass is 260 g/mol. The second-order valence-corrected chi connectivity index (χ2v) is 4.82. The first-order valence-electron chi connectivity index (χ1n) is 7.03. The van der Waals surface area contributed by atoms with Crippen LogP contribution in [0.2, 0.25) is 0 Å². The number of hydrogen-bond donors (Lipinski definition) is 0. The van der Waals surface area contributed by atoms with Crippen LogP contribution in [0.25, 0.3) is 23.1 Å². The largest absolute Gasteiger partial charge is 0.213 e. The summed E-state index contributed by atoms with van der Waals surface area (Å²) in [5.41, 5.74) is 3.77. The zero-order chi connectivity index (χ0) is 13.8. The molecule has 1 heteroatoms. The molecule has 1 heterocycles. The van der Waals surface area contributed by atoms with E-state index < -0.39 is 0 Å². The zero-order valence-electron chi connectivity index (χ0n) is 11.7. The highest BCUT2D eigenvalue weighted by molar-refractivity contribution is 5.88. The van der Waals surface area contributed by atoms with Crippen molar-refractivity contribution >= 4 is 23.1 Å². The first-order valence-corrected chi connectivity index (χ1v) is 7.03. The van der Waals surface area contributed by atoms with Crippen LogP contribution in [0, 0.1) is 0 Å². The van der Waals surface area contributed by atoms with Crippen LogP contribution in [-0.4, -0.2) is 0 Å². The highest BCUT2D eigenvalue weighted by Crippen LogP contribution is 2.18. The Morgan fingerprint density at radius 2 is 1.60 bits per heavy atom. The molecule has 0 aliphatic carbocycles. The van der Waals surface area contributed by atoms with Gasteiger partial charge in [0.2, 0.25) is 5.52 Å². The van der Waals surface area contributed by atoms with Crippen LogP contribution in [-0.2, 0) is 6.54 Å². The molecular formula is C19H18N+. The van der Waals surface area contributed by atoms with Crippen LogP contribution in [0.15, 0.2) is 66.9 Å². The minimum atomic E-state index is 0.989. The molecule has 1 aromatic heterocycles. The summed E-state index contributed by atoms with van der Waals surface area (Å²) in [5, 5.41) is 1.30. The predicted octanol–water partition coefficient (Wildman–Crippen LogP) is 4.32. The Morgan fingerprint density at radius 3 is 2.40 bits per heavy atom. The third kappa shape index (κ3) is 2.48. The number of benzene rings is 2. The van der Waals surface area contributed by atoms with Crippen molar-refractivity contribution in [3.63, 3.8) is 0 Å². The van der Waals surface area contributed by atoms with Crippen LogP contribution in [0.4, 0.5) is 0 Å². The summed E-state index contributed by atoms with van der Waals surface area (Å²) in [4.78, 5) is 0. The van der Waals surface area contributed by atoms with Crippen molar-refractivity contribution in [1.29, 1.82) is 0 Å². The molecule has 0 saturated heterocycles. The van der Waals surface area contributed by atoms with E-state index in [1.54, 1.807) is 0 Å². The number of fused-ring (bicyclic) bond motifs is 1. The smallest absolute Gasteiger partial charge is 0.199 e. The fourth-order valence-corrected chi connectivity index (χ4v) is 2.48. The van der Waals surface area contributed by atoms with Gasteiger partial charge < -0.3 is 0 Å². The molecule has 0 bridgehead atoms. The van der Waals surface area contributed by atoms with Crippen molar-refractivity contribution in [3.05, 3.63) is 78.0 Å². The maximum Gasteiger partial charge on any atom is 0.213 e. The van der Waals surface area contributed by atoms with Gasteiger partial charge in [0.1, 0.15) is 6.54 Å². The van der Waals surface area contributed by atoms with E-state index in [1.807, 2.05) is 6.07 Å². The molecule has 0 unspecified atom stereocenters. The topological polar surface area (TPSA) is 3.88 Å². The van der Waals surface area contributed by atoms with Gasteiger partial charge in [0.25, 0.3) is 0 Å². The minimum Gasteiger partial charge on any atom is -0.199 e. The fourth-order valence-electron chi connectivity index (χ4n) is 2.48. The average Bonchev–Trinajstić information content (AvgIpc) is 2.53. The van der Waals surface area contributed by atoms with E-state index in [9.17, 15) is 0 Å². The maximum absolute atomic E-state index is 2.27. The van der Waals surface area contributed by atoms with Crippen LogP contribution >= 0.6 is 0 Å². The molecule has 3 aromatic rings. The molecule has 0 aliphatic heterocycles. The Balaban J connectivity index is 2.07. The third-order valence-corrected chi connectivity index (χ3v) is 3.55. The van der Waals surface area contributed by atoms with Crippen molar-refractivity contribution in [1.82, 2.24) is 0 Å². The molecule has 1 nitrogen and oxygen atoms in total. The van der Waals surface area contributed by atoms with Crippen molar-refractivity contribution in [2.75, 3.05) is 0 Å². The Labute approximate surface area is 119 Å². The normalized spacial score (nSPS) is 11.2. The quantitative estimate of drug-likeness (QED) is 0.618. The second-order valence-electron chi connectivity index (χ2n) is 4.82. The van der Waals surface area contributed by atoms with Gasteiger partial charge in [-0.15, -0.1) is 0 Å². The molecular weight excluding hydrogens is 242 g/mol. The Kier molecular flexibility index (Phi) is 3.60. The van der Waals surface area contributed by atoms with Gasteiger partial charge in [-0.3, -0.25) is 0 Å². The Bertz CT molecular complexity index is 742. The lowest BCUT2D eigenvalue weighted by Gasteiger charge is -2.02. The highest BCUT2D eigenvalue weighted by Gasteiger charge is 2.08. The van der Waals surface area contributed by atoms with E-state index >= 15 is 0 Å². The van der Waals surface area contributed by atoms with Gasteiger partial charge in [-0.05, 0) is 24.1 Å². The first-order chi connectivity index (χ1) is 9.88. The predicted molar refractivity (Wildman–Crippen MR) is 85.2 cm³/mol. The Morgan fingerprint density at radius 1 is 0.850 bits per heavy atom. The van der Waals surface area contributed by atoms with Gasteiger partial charge in [0, 0.05) is 12.1 Å². The highest BCUT2D eigenvalue weighted by atomic mass is 14.9. The fraction of sp³-hybridized carbons (Fsp3) is 0.105. The number of aromatic nitrogens is 1. The summed E-state index contributed by atoms with van der Waals surface area (Å²) < 4.78 is 2.27. The molecule has 2 aromatic carbocycles. The van der Waals surface area contributed by atoms with E-state index in [0.717, 1.165) is 6.54 Å². The van der Waals surface area contributed by atoms with Crippen molar-refractivity contribution in [2.45, 2.75) is 13.5 Å². The number of hydrogen-bond acceptors (Lipinski definition) is 0. The van der Waals surface area contributed by atoms with Crippen molar-refractivity contribution in [2.24, 2.45) is 0 Å². The van der Waals surface area contributed by atoms with Crippen LogP contribution < -0.4 is 4.57 Å². The molecule has 0 radical (unpaired) electrons.